The van der Waals surface area contributed by atoms with Crippen molar-refractivity contribution >= 4 is 11.3 Å². The van der Waals surface area contributed by atoms with Crippen molar-refractivity contribution < 1.29 is 4.74 Å². The molecular weight excluding hydrogens is 244 g/mol. The summed E-state index contributed by atoms with van der Waals surface area (Å²) < 4.78 is 5.58. The lowest BCUT2D eigenvalue weighted by Crippen LogP contribution is -2.24. The third kappa shape index (κ3) is 2.92. The summed E-state index contributed by atoms with van der Waals surface area (Å²) in [5, 5.41) is 4.72. The van der Waals surface area contributed by atoms with E-state index in [-0.39, 0.29) is 6.10 Å². The fraction of sp³-hybridized carbons (Fsp3) is 0.786. The molecule has 18 heavy (non-hydrogen) atoms. The first-order valence-electron chi connectivity index (χ1n) is 7.05. The Morgan fingerprint density at radius 2 is 2.33 bits per heavy atom. The smallest absolute Gasteiger partial charge is 0.122 e. The Kier molecular flexibility index (Phi) is 5.15. The van der Waals surface area contributed by atoms with Crippen molar-refractivity contribution in [3.63, 3.8) is 0 Å². The lowest BCUT2D eigenvalue weighted by molar-refractivity contribution is 0.0945. The molecule has 2 unspecified atom stereocenters. The highest BCUT2D eigenvalue weighted by Gasteiger charge is 2.26. The number of ether oxygens (including phenoxy) is 1. The summed E-state index contributed by atoms with van der Waals surface area (Å²) in [6.45, 7) is 5.37. The second-order valence-corrected chi connectivity index (χ2v) is 5.99. The van der Waals surface area contributed by atoms with Crippen molar-refractivity contribution in [2.24, 2.45) is 0 Å². The van der Waals surface area contributed by atoms with Gasteiger partial charge in [0.2, 0.25) is 0 Å². The first-order valence-corrected chi connectivity index (χ1v) is 7.87. The van der Waals surface area contributed by atoms with Gasteiger partial charge in [-0.05, 0) is 32.2 Å². The van der Waals surface area contributed by atoms with Crippen LogP contribution in [0, 0.1) is 0 Å². The van der Waals surface area contributed by atoms with E-state index in [1.807, 2.05) is 11.3 Å². The number of nitrogens with one attached hydrogen (secondary N) is 1. The maximum atomic E-state index is 5.58. The van der Waals surface area contributed by atoms with Gasteiger partial charge < -0.3 is 10.1 Å². The molecule has 1 aliphatic carbocycles. The molecule has 2 rings (SSSR count). The Balaban J connectivity index is 2.20. The largest absolute Gasteiger partial charge is 0.374 e. The van der Waals surface area contributed by atoms with Crippen LogP contribution in [0.2, 0.25) is 0 Å². The van der Waals surface area contributed by atoms with Crippen LogP contribution in [-0.2, 0) is 11.2 Å². The lowest BCUT2D eigenvalue weighted by atomic mass is 9.97. The Morgan fingerprint density at radius 3 is 3.00 bits per heavy atom. The standard InChI is InChI=1S/C14H24N2OS/c1-4-7-11(17-3)14-16-13-10(15-5-2)8-6-9-12(13)18-14/h10-11,15H,4-9H2,1-3H3. The Morgan fingerprint density at radius 1 is 1.50 bits per heavy atom. The second-order valence-electron chi connectivity index (χ2n) is 4.88. The van der Waals surface area contributed by atoms with Gasteiger partial charge >= 0.3 is 0 Å². The highest BCUT2D eigenvalue weighted by atomic mass is 32.1. The maximum absolute atomic E-state index is 5.58. The average molecular weight is 268 g/mol. The minimum absolute atomic E-state index is 0.188. The van der Waals surface area contributed by atoms with Crippen molar-refractivity contribution in [3.05, 3.63) is 15.6 Å². The van der Waals surface area contributed by atoms with Crippen molar-refractivity contribution in [1.82, 2.24) is 10.3 Å². The van der Waals surface area contributed by atoms with Gasteiger partial charge in [0.1, 0.15) is 11.1 Å². The van der Waals surface area contributed by atoms with Crippen molar-refractivity contribution in [2.45, 2.75) is 58.1 Å². The molecule has 2 atom stereocenters. The van der Waals surface area contributed by atoms with Crippen molar-refractivity contribution in [1.29, 1.82) is 0 Å². The van der Waals surface area contributed by atoms with Gasteiger partial charge in [-0.1, -0.05) is 20.3 Å². The molecule has 1 aliphatic rings. The van der Waals surface area contributed by atoms with E-state index in [4.69, 9.17) is 9.72 Å². The number of thiazole rings is 1. The number of hydrogen-bond acceptors (Lipinski definition) is 4. The topological polar surface area (TPSA) is 34.1 Å². The summed E-state index contributed by atoms with van der Waals surface area (Å²) in [6.07, 6.45) is 6.08. The Hall–Kier alpha value is -0.450. The second kappa shape index (κ2) is 6.64. The minimum Gasteiger partial charge on any atom is -0.374 e. The normalized spacial score (nSPS) is 20.7. The number of nitrogens with zero attached hydrogens (tertiary/aromatic N) is 1. The molecule has 1 aromatic rings. The fourth-order valence-corrected chi connectivity index (χ4v) is 3.91. The predicted molar refractivity (Wildman–Crippen MR) is 76.1 cm³/mol. The molecule has 3 nitrogen and oxygen atoms in total. The van der Waals surface area contributed by atoms with E-state index in [1.54, 1.807) is 7.11 Å². The van der Waals surface area contributed by atoms with E-state index < -0.39 is 0 Å². The average Bonchev–Trinajstić information content (AvgIpc) is 2.81. The highest BCUT2D eigenvalue weighted by Crippen LogP contribution is 2.36. The molecule has 0 aromatic carbocycles. The first kappa shape index (κ1) is 14.0. The zero-order valence-corrected chi connectivity index (χ0v) is 12.5. The van der Waals surface area contributed by atoms with E-state index in [0.29, 0.717) is 6.04 Å². The van der Waals surface area contributed by atoms with Crippen LogP contribution < -0.4 is 5.32 Å². The molecule has 102 valence electrons. The summed E-state index contributed by atoms with van der Waals surface area (Å²) in [6, 6.07) is 0.461. The Labute approximate surface area is 114 Å². The van der Waals surface area contributed by atoms with Crippen molar-refractivity contribution in [3.8, 4) is 0 Å². The quantitative estimate of drug-likeness (QED) is 0.855. The molecule has 0 bridgehead atoms. The molecule has 0 saturated heterocycles. The number of aryl methyl sites for hydroxylation is 1. The van der Waals surface area contributed by atoms with Crippen LogP contribution in [0.3, 0.4) is 0 Å². The SMILES string of the molecule is CCCC(OC)c1nc2c(s1)CCCC2NCC. The van der Waals surface area contributed by atoms with Crippen LogP contribution in [0.4, 0.5) is 0 Å². The third-order valence-electron chi connectivity index (χ3n) is 3.53. The van der Waals surface area contributed by atoms with Gasteiger partial charge in [-0.25, -0.2) is 4.98 Å². The molecule has 1 aromatic heterocycles. The number of hydrogen-bond donors (Lipinski definition) is 1. The number of fused-ring (bicyclic) bond motifs is 1. The number of rotatable bonds is 6. The first-order chi connectivity index (χ1) is 8.80. The highest BCUT2D eigenvalue weighted by molar-refractivity contribution is 7.11. The molecule has 0 amide bonds. The number of methoxy groups -OCH3 is 1. The van der Waals surface area contributed by atoms with Crippen LogP contribution in [-0.4, -0.2) is 18.6 Å². The zero-order valence-electron chi connectivity index (χ0n) is 11.7. The zero-order chi connectivity index (χ0) is 13.0. The van der Waals surface area contributed by atoms with Crippen LogP contribution in [0.15, 0.2) is 0 Å². The van der Waals surface area contributed by atoms with Gasteiger partial charge in [0.25, 0.3) is 0 Å². The fourth-order valence-electron chi connectivity index (χ4n) is 2.62. The van der Waals surface area contributed by atoms with E-state index in [0.717, 1.165) is 19.4 Å². The predicted octanol–water partition coefficient (Wildman–Crippen LogP) is 3.62. The summed E-state index contributed by atoms with van der Waals surface area (Å²) in [7, 11) is 1.79. The molecule has 4 heteroatoms. The van der Waals surface area contributed by atoms with Gasteiger partial charge in [0, 0.05) is 12.0 Å². The van der Waals surface area contributed by atoms with Crippen LogP contribution in [0.5, 0.6) is 0 Å². The molecule has 1 heterocycles. The molecule has 0 aliphatic heterocycles. The van der Waals surface area contributed by atoms with E-state index >= 15 is 0 Å². The molecule has 0 radical (unpaired) electrons. The number of aromatic nitrogens is 1. The van der Waals surface area contributed by atoms with Crippen LogP contribution in [0.1, 0.15) is 67.3 Å². The third-order valence-corrected chi connectivity index (χ3v) is 4.76. The Bertz CT molecular complexity index is 378. The van der Waals surface area contributed by atoms with Gasteiger partial charge in [0.15, 0.2) is 0 Å². The van der Waals surface area contributed by atoms with E-state index in [2.05, 4.69) is 19.2 Å². The van der Waals surface area contributed by atoms with Crippen LogP contribution >= 0.6 is 11.3 Å². The summed E-state index contributed by atoms with van der Waals surface area (Å²) in [5.41, 5.74) is 1.29. The van der Waals surface area contributed by atoms with Gasteiger partial charge in [-0.15, -0.1) is 11.3 Å². The molecular formula is C14H24N2OS. The van der Waals surface area contributed by atoms with E-state index in [9.17, 15) is 0 Å². The molecule has 1 N–H and O–H groups in total. The summed E-state index contributed by atoms with van der Waals surface area (Å²) >= 11 is 1.86. The monoisotopic (exact) mass is 268 g/mol. The van der Waals surface area contributed by atoms with Gasteiger partial charge in [-0.3, -0.25) is 0 Å². The summed E-state index contributed by atoms with van der Waals surface area (Å²) in [5.74, 6) is 0. The van der Waals surface area contributed by atoms with E-state index in [1.165, 1.54) is 34.8 Å². The summed E-state index contributed by atoms with van der Waals surface area (Å²) in [4.78, 5) is 6.34. The van der Waals surface area contributed by atoms with Gasteiger partial charge in [0.05, 0.1) is 11.7 Å². The lowest BCUT2D eigenvalue weighted by Gasteiger charge is -2.21. The molecule has 0 fully saturated rings. The van der Waals surface area contributed by atoms with Crippen LogP contribution in [0.25, 0.3) is 0 Å². The maximum Gasteiger partial charge on any atom is 0.122 e. The van der Waals surface area contributed by atoms with Gasteiger partial charge in [-0.2, -0.15) is 0 Å². The minimum atomic E-state index is 0.188. The molecule has 0 spiro atoms. The van der Waals surface area contributed by atoms with Crippen molar-refractivity contribution in [2.75, 3.05) is 13.7 Å². The molecule has 0 saturated carbocycles.